The molecule has 0 bridgehead atoms. The normalized spacial score (nSPS) is 18.4. The van der Waals surface area contributed by atoms with E-state index in [2.05, 4.69) is 15.4 Å². The molecular formula is C10H17N5O. The third kappa shape index (κ3) is 2.57. The summed E-state index contributed by atoms with van der Waals surface area (Å²) in [5.41, 5.74) is 0. The maximum absolute atomic E-state index is 12.1. The van der Waals surface area contributed by atoms with E-state index >= 15 is 0 Å². The summed E-state index contributed by atoms with van der Waals surface area (Å²) in [7, 11) is 0. The monoisotopic (exact) mass is 223 g/mol. The van der Waals surface area contributed by atoms with Gasteiger partial charge in [-0.25, -0.2) is 4.98 Å². The second-order valence-electron chi connectivity index (χ2n) is 4.09. The Labute approximate surface area is 94.6 Å². The van der Waals surface area contributed by atoms with Gasteiger partial charge in [-0.15, -0.1) is 0 Å². The van der Waals surface area contributed by atoms with Crippen molar-refractivity contribution in [3.8, 4) is 0 Å². The van der Waals surface area contributed by atoms with E-state index in [0.29, 0.717) is 6.54 Å². The molecule has 0 aromatic carbocycles. The predicted octanol–water partition coefficient (Wildman–Crippen LogP) is -0.654. The van der Waals surface area contributed by atoms with Crippen LogP contribution < -0.4 is 5.32 Å². The van der Waals surface area contributed by atoms with Crippen molar-refractivity contribution in [1.82, 2.24) is 25.0 Å². The van der Waals surface area contributed by atoms with E-state index in [1.807, 2.05) is 11.8 Å². The molecule has 1 aromatic rings. The van der Waals surface area contributed by atoms with Gasteiger partial charge in [0.1, 0.15) is 12.7 Å². The van der Waals surface area contributed by atoms with E-state index in [-0.39, 0.29) is 11.8 Å². The van der Waals surface area contributed by atoms with Crippen LogP contribution in [0.5, 0.6) is 0 Å². The van der Waals surface area contributed by atoms with Gasteiger partial charge in [-0.05, 0) is 0 Å². The minimum Gasteiger partial charge on any atom is -0.340 e. The minimum atomic E-state index is -0.0419. The average molecular weight is 223 g/mol. The van der Waals surface area contributed by atoms with Crippen molar-refractivity contribution in [1.29, 1.82) is 0 Å². The van der Waals surface area contributed by atoms with Gasteiger partial charge in [-0.1, -0.05) is 6.92 Å². The maximum Gasteiger partial charge on any atom is 0.227 e. The van der Waals surface area contributed by atoms with Gasteiger partial charge in [-0.3, -0.25) is 9.48 Å². The molecule has 0 aliphatic carbocycles. The van der Waals surface area contributed by atoms with Gasteiger partial charge >= 0.3 is 0 Å². The third-order valence-corrected chi connectivity index (χ3v) is 2.78. The molecule has 6 heteroatoms. The lowest BCUT2D eigenvalue weighted by Crippen LogP contribution is -2.48. The topological polar surface area (TPSA) is 63.1 Å². The average Bonchev–Trinajstić information content (AvgIpc) is 2.82. The lowest BCUT2D eigenvalue weighted by molar-refractivity contribution is -0.136. The number of hydrogen-bond donors (Lipinski definition) is 1. The zero-order chi connectivity index (χ0) is 11.4. The largest absolute Gasteiger partial charge is 0.340 e. The van der Waals surface area contributed by atoms with Crippen LogP contribution in [0.25, 0.3) is 0 Å². The maximum atomic E-state index is 12.1. The summed E-state index contributed by atoms with van der Waals surface area (Å²) in [5.74, 6) is 0.164. The molecule has 1 unspecified atom stereocenters. The highest BCUT2D eigenvalue weighted by atomic mass is 16.2. The molecule has 6 nitrogen and oxygen atoms in total. The number of nitrogens with one attached hydrogen (secondary N) is 1. The molecule has 88 valence electrons. The van der Waals surface area contributed by atoms with Crippen LogP contribution in [-0.2, 0) is 11.3 Å². The van der Waals surface area contributed by atoms with Crippen molar-refractivity contribution in [2.75, 3.05) is 26.2 Å². The molecule has 1 fully saturated rings. The third-order valence-electron chi connectivity index (χ3n) is 2.78. The summed E-state index contributed by atoms with van der Waals surface area (Å²) in [4.78, 5) is 17.8. The SMILES string of the molecule is CC(Cn1cncn1)C(=O)N1CCNCC1. The molecule has 16 heavy (non-hydrogen) atoms. The van der Waals surface area contributed by atoms with Crippen molar-refractivity contribution < 1.29 is 4.79 Å². The Morgan fingerprint density at radius 1 is 1.50 bits per heavy atom. The van der Waals surface area contributed by atoms with E-state index in [9.17, 15) is 4.79 Å². The number of carbonyl (C=O) groups is 1. The number of nitrogens with zero attached hydrogens (tertiary/aromatic N) is 4. The second-order valence-corrected chi connectivity index (χ2v) is 4.09. The van der Waals surface area contributed by atoms with Crippen molar-refractivity contribution >= 4 is 5.91 Å². The fourth-order valence-corrected chi connectivity index (χ4v) is 1.88. The summed E-state index contributed by atoms with van der Waals surface area (Å²) in [5, 5.41) is 7.24. The molecule has 1 aliphatic heterocycles. The van der Waals surface area contributed by atoms with Crippen LogP contribution in [0.4, 0.5) is 0 Å². The Hall–Kier alpha value is -1.43. The highest BCUT2D eigenvalue weighted by molar-refractivity contribution is 5.78. The van der Waals surface area contributed by atoms with Gasteiger partial charge in [0.2, 0.25) is 5.91 Å². The van der Waals surface area contributed by atoms with Gasteiger partial charge in [0.25, 0.3) is 0 Å². The van der Waals surface area contributed by atoms with Crippen molar-refractivity contribution in [2.45, 2.75) is 13.5 Å². The molecule has 2 rings (SSSR count). The lowest BCUT2D eigenvalue weighted by atomic mass is 10.1. The molecule has 1 N–H and O–H groups in total. The first-order valence-electron chi connectivity index (χ1n) is 5.59. The zero-order valence-corrected chi connectivity index (χ0v) is 9.46. The van der Waals surface area contributed by atoms with Gasteiger partial charge in [0.15, 0.2) is 0 Å². The minimum absolute atomic E-state index is 0.0419. The molecule has 0 spiro atoms. The Morgan fingerprint density at radius 2 is 2.25 bits per heavy atom. The first kappa shape index (κ1) is 11.1. The summed E-state index contributed by atoms with van der Waals surface area (Å²) in [6.45, 7) is 5.93. The number of piperazine rings is 1. The van der Waals surface area contributed by atoms with Crippen LogP contribution in [0.1, 0.15) is 6.92 Å². The Bertz CT molecular complexity index is 331. The lowest BCUT2D eigenvalue weighted by Gasteiger charge is -2.29. The van der Waals surface area contributed by atoms with Crippen molar-refractivity contribution in [3.63, 3.8) is 0 Å². The van der Waals surface area contributed by atoms with Crippen LogP contribution in [0.15, 0.2) is 12.7 Å². The molecule has 1 aromatic heterocycles. The fraction of sp³-hybridized carbons (Fsp3) is 0.700. The van der Waals surface area contributed by atoms with E-state index in [0.717, 1.165) is 26.2 Å². The van der Waals surface area contributed by atoms with Gasteiger partial charge in [-0.2, -0.15) is 5.10 Å². The predicted molar refractivity (Wildman–Crippen MR) is 58.6 cm³/mol. The van der Waals surface area contributed by atoms with E-state index in [1.165, 1.54) is 6.33 Å². The highest BCUT2D eigenvalue weighted by Crippen LogP contribution is 2.06. The summed E-state index contributed by atoms with van der Waals surface area (Å²) >= 11 is 0. The molecule has 1 aliphatic rings. The van der Waals surface area contributed by atoms with Crippen LogP contribution in [-0.4, -0.2) is 51.8 Å². The number of rotatable bonds is 3. The number of aromatic nitrogens is 3. The van der Waals surface area contributed by atoms with Crippen LogP contribution >= 0.6 is 0 Å². The molecule has 1 atom stereocenters. The summed E-state index contributed by atoms with van der Waals surface area (Å²) in [6.07, 6.45) is 3.13. The van der Waals surface area contributed by atoms with Crippen LogP contribution in [0, 0.1) is 5.92 Å². The van der Waals surface area contributed by atoms with E-state index in [1.54, 1.807) is 11.0 Å². The molecule has 1 amide bonds. The number of amides is 1. The van der Waals surface area contributed by atoms with E-state index < -0.39 is 0 Å². The molecule has 0 saturated carbocycles. The highest BCUT2D eigenvalue weighted by Gasteiger charge is 2.22. The fourth-order valence-electron chi connectivity index (χ4n) is 1.88. The quantitative estimate of drug-likeness (QED) is 0.739. The van der Waals surface area contributed by atoms with Crippen molar-refractivity contribution in [2.24, 2.45) is 5.92 Å². The zero-order valence-electron chi connectivity index (χ0n) is 9.46. The molecular weight excluding hydrogens is 206 g/mol. The van der Waals surface area contributed by atoms with Crippen LogP contribution in [0.2, 0.25) is 0 Å². The first-order chi connectivity index (χ1) is 7.77. The Kier molecular flexibility index (Phi) is 3.51. The van der Waals surface area contributed by atoms with Crippen molar-refractivity contribution in [3.05, 3.63) is 12.7 Å². The molecule has 0 radical (unpaired) electrons. The number of hydrogen-bond acceptors (Lipinski definition) is 4. The first-order valence-corrected chi connectivity index (χ1v) is 5.59. The smallest absolute Gasteiger partial charge is 0.227 e. The molecule has 2 heterocycles. The van der Waals surface area contributed by atoms with Gasteiger partial charge in [0.05, 0.1) is 12.5 Å². The Morgan fingerprint density at radius 3 is 2.88 bits per heavy atom. The second kappa shape index (κ2) is 5.07. The number of carbonyl (C=O) groups excluding carboxylic acids is 1. The van der Waals surface area contributed by atoms with Gasteiger partial charge in [0, 0.05) is 26.2 Å². The van der Waals surface area contributed by atoms with Gasteiger partial charge < -0.3 is 10.2 Å². The summed E-state index contributed by atoms with van der Waals surface area (Å²) in [6, 6.07) is 0. The summed E-state index contributed by atoms with van der Waals surface area (Å²) < 4.78 is 1.70. The van der Waals surface area contributed by atoms with E-state index in [4.69, 9.17) is 0 Å². The van der Waals surface area contributed by atoms with Crippen LogP contribution in [0.3, 0.4) is 0 Å². The Balaban J connectivity index is 1.88. The molecule has 1 saturated heterocycles. The standard InChI is InChI=1S/C10H17N5O/c1-9(6-15-8-12-7-13-15)10(16)14-4-2-11-3-5-14/h7-9,11H,2-6H2,1H3.